The first kappa shape index (κ1) is 17.0. The molecule has 2 aromatic heterocycles. The Hall–Kier alpha value is -3.47. The van der Waals surface area contributed by atoms with Gasteiger partial charge in [-0.25, -0.2) is 4.98 Å². The van der Waals surface area contributed by atoms with Crippen LogP contribution in [-0.2, 0) is 4.84 Å². The first-order chi connectivity index (χ1) is 13.3. The zero-order valence-electron chi connectivity index (χ0n) is 15.3. The Morgan fingerprint density at radius 3 is 2.78 bits per heavy atom. The van der Waals surface area contributed by atoms with E-state index in [1.165, 1.54) is 0 Å². The van der Waals surface area contributed by atoms with E-state index in [0.29, 0.717) is 6.61 Å². The number of imidazole rings is 1. The predicted molar refractivity (Wildman–Crippen MR) is 108 cm³/mol. The Balaban J connectivity index is 1.73. The molecule has 2 heterocycles. The first-order valence-corrected chi connectivity index (χ1v) is 8.91. The lowest BCUT2D eigenvalue weighted by molar-refractivity contribution is 0.159. The van der Waals surface area contributed by atoms with Gasteiger partial charge in [0.05, 0.1) is 16.7 Å². The van der Waals surface area contributed by atoms with Crippen molar-refractivity contribution >= 4 is 16.7 Å². The quantitative estimate of drug-likeness (QED) is 0.379. The van der Waals surface area contributed by atoms with E-state index >= 15 is 0 Å². The fourth-order valence-corrected chi connectivity index (χ4v) is 3.03. The van der Waals surface area contributed by atoms with E-state index in [1.54, 1.807) is 6.20 Å². The second-order valence-corrected chi connectivity index (χ2v) is 6.20. The summed E-state index contributed by atoms with van der Waals surface area (Å²) in [6.07, 6.45) is 5.51. The van der Waals surface area contributed by atoms with Crippen molar-refractivity contribution < 1.29 is 4.84 Å². The molecule has 0 saturated heterocycles. The van der Waals surface area contributed by atoms with Gasteiger partial charge in [0.15, 0.2) is 0 Å². The van der Waals surface area contributed by atoms with E-state index in [1.807, 2.05) is 44.6 Å². The molecule has 5 nitrogen and oxygen atoms in total. The number of nitrogens with zero attached hydrogens (tertiary/aromatic N) is 4. The van der Waals surface area contributed by atoms with Crippen LogP contribution in [0.2, 0.25) is 0 Å². The third kappa shape index (κ3) is 3.44. The van der Waals surface area contributed by atoms with Crippen LogP contribution in [0.4, 0.5) is 0 Å². The van der Waals surface area contributed by atoms with Crippen LogP contribution in [0.25, 0.3) is 27.8 Å². The molecule has 4 rings (SSSR count). The highest BCUT2D eigenvalue weighted by molar-refractivity contribution is 6.01. The molecule has 134 valence electrons. The van der Waals surface area contributed by atoms with Crippen LogP contribution in [0.3, 0.4) is 0 Å². The molecule has 0 aliphatic heterocycles. The van der Waals surface area contributed by atoms with Crippen molar-refractivity contribution in [3.8, 4) is 16.8 Å². The summed E-state index contributed by atoms with van der Waals surface area (Å²) in [5.74, 6) is 0. The minimum Gasteiger partial charge on any atom is -0.396 e. The Kier molecular flexibility index (Phi) is 4.66. The summed E-state index contributed by atoms with van der Waals surface area (Å²) < 4.78 is 2.09. The third-order valence-electron chi connectivity index (χ3n) is 4.41. The summed E-state index contributed by atoms with van der Waals surface area (Å²) in [4.78, 5) is 13.9. The van der Waals surface area contributed by atoms with Gasteiger partial charge in [0.2, 0.25) is 0 Å². The molecule has 0 fully saturated rings. The third-order valence-corrected chi connectivity index (χ3v) is 4.41. The molecule has 0 bridgehead atoms. The molecule has 4 aromatic rings. The zero-order chi connectivity index (χ0) is 18.6. The SMILES string of the molecule is CCO/N=C(/C)c1ccc2c(c1)ncn2-c1cccc(-c2cccnc2)c1. The van der Waals surface area contributed by atoms with Gasteiger partial charge in [0, 0.05) is 29.2 Å². The first-order valence-electron chi connectivity index (χ1n) is 8.91. The maximum atomic E-state index is 5.15. The number of pyridine rings is 1. The minimum absolute atomic E-state index is 0.557. The molecule has 27 heavy (non-hydrogen) atoms. The van der Waals surface area contributed by atoms with Gasteiger partial charge in [0.25, 0.3) is 0 Å². The van der Waals surface area contributed by atoms with Crippen LogP contribution in [0.5, 0.6) is 0 Å². The molecule has 2 aromatic carbocycles. The van der Waals surface area contributed by atoms with Crippen molar-refractivity contribution in [2.75, 3.05) is 6.61 Å². The molecular formula is C22H20N4O. The van der Waals surface area contributed by atoms with Gasteiger partial charge in [-0.3, -0.25) is 9.55 Å². The smallest absolute Gasteiger partial charge is 0.114 e. The number of hydrogen-bond donors (Lipinski definition) is 0. The normalized spacial score (nSPS) is 11.7. The zero-order valence-corrected chi connectivity index (χ0v) is 15.3. The molecular weight excluding hydrogens is 336 g/mol. The number of hydrogen-bond acceptors (Lipinski definition) is 4. The van der Waals surface area contributed by atoms with E-state index in [0.717, 1.165) is 39.1 Å². The second-order valence-electron chi connectivity index (χ2n) is 6.20. The van der Waals surface area contributed by atoms with Gasteiger partial charge in [-0.1, -0.05) is 29.4 Å². The molecule has 0 unspecified atom stereocenters. The number of fused-ring (bicyclic) bond motifs is 1. The fourth-order valence-electron chi connectivity index (χ4n) is 3.03. The molecule has 0 spiro atoms. The van der Waals surface area contributed by atoms with Crippen molar-refractivity contribution in [2.24, 2.45) is 5.16 Å². The Bertz CT molecular complexity index is 1100. The Morgan fingerprint density at radius 2 is 1.96 bits per heavy atom. The minimum atomic E-state index is 0.557. The molecule has 0 radical (unpaired) electrons. The van der Waals surface area contributed by atoms with Gasteiger partial charge in [-0.15, -0.1) is 0 Å². The summed E-state index contributed by atoms with van der Waals surface area (Å²) in [6, 6.07) is 18.5. The van der Waals surface area contributed by atoms with Crippen LogP contribution in [0.15, 0.2) is 78.5 Å². The van der Waals surface area contributed by atoms with Gasteiger partial charge < -0.3 is 4.84 Å². The summed E-state index contributed by atoms with van der Waals surface area (Å²) in [7, 11) is 0. The average molecular weight is 356 g/mol. The van der Waals surface area contributed by atoms with E-state index in [4.69, 9.17) is 4.84 Å². The van der Waals surface area contributed by atoms with Crippen molar-refractivity contribution in [1.29, 1.82) is 0 Å². The average Bonchev–Trinajstić information content (AvgIpc) is 3.16. The van der Waals surface area contributed by atoms with Crippen molar-refractivity contribution in [2.45, 2.75) is 13.8 Å². The predicted octanol–water partition coefficient (Wildman–Crippen LogP) is 4.85. The Labute approximate surface area is 158 Å². The highest BCUT2D eigenvalue weighted by atomic mass is 16.6. The summed E-state index contributed by atoms with van der Waals surface area (Å²) >= 11 is 0. The van der Waals surface area contributed by atoms with Crippen LogP contribution in [-0.4, -0.2) is 26.9 Å². The van der Waals surface area contributed by atoms with E-state index in [9.17, 15) is 0 Å². The molecule has 0 atom stereocenters. The highest BCUT2D eigenvalue weighted by Gasteiger charge is 2.08. The van der Waals surface area contributed by atoms with Gasteiger partial charge >= 0.3 is 0 Å². The lowest BCUT2D eigenvalue weighted by Crippen LogP contribution is -1.97. The van der Waals surface area contributed by atoms with Gasteiger partial charge in [-0.05, 0) is 49.7 Å². The maximum absolute atomic E-state index is 5.15. The van der Waals surface area contributed by atoms with Crippen molar-refractivity contribution in [3.63, 3.8) is 0 Å². The molecule has 0 amide bonds. The topological polar surface area (TPSA) is 52.3 Å². The highest BCUT2D eigenvalue weighted by Crippen LogP contribution is 2.24. The van der Waals surface area contributed by atoms with E-state index in [2.05, 4.69) is 56.1 Å². The molecule has 5 heteroatoms. The monoisotopic (exact) mass is 356 g/mol. The van der Waals surface area contributed by atoms with Gasteiger partial charge in [0.1, 0.15) is 12.9 Å². The van der Waals surface area contributed by atoms with Crippen LogP contribution in [0, 0.1) is 0 Å². The largest absolute Gasteiger partial charge is 0.396 e. The molecule has 0 aliphatic carbocycles. The van der Waals surface area contributed by atoms with Crippen molar-refractivity contribution in [3.05, 3.63) is 78.9 Å². The molecule has 0 aliphatic rings. The second kappa shape index (κ2) is 7.41. The number of oxime groups is 1. The van der Waals surface area contributed by atoms with Crippen LogP contribution < -0.4 is 0 Å². The number of aromatic nitrogens is 3. The fraction of sp³-hybridized carbons (Fsp3) is 0.136. The molecule has 0 saturated carbocycles. The van der Waals surface area contributed by atoms with Crippen LogP contribution in [0.1, 0.15) is 19.4 Å². The summed E-state index contributed by atoms with van der Waals surface area (Å²) in [6.45, 7) is 4.41. The van der Waals surface area contributed by atoms with E-state index in [-0.39, 0.29) is 0 Å². The summed E-state index contributed by atoms with van der Waals surface area (Å²) in [5.41, 5.74) is 7.09. The van der Waals surface area contributed by atoms with Gasteiger partial charge in [-0.2, -0.15) is 0 Å². The van der Waals surface area contributed by atoms with Crippen LogP contribution >= 0.6 is 0 Å². The summed E-state index contributed by atoms with van der Waals surface area (Å²) in [5, 5.41) is 4.11. The number of rotatable bonds is 5. The Morgan fingerprint density at radius 1 is 1.07 bits per heavy atom. The lowest BCUT2D eigenvalue weighted by Gasteiger charge is -2.08. The van der Waals surface area contributed by atoms with E-state index < -0.39 is 0 Å². The molecule has 0 N–H and O–H groups in total. The van der Waals surface area contributed by atoms with Crippen molar-refractivity contribution in [1.82, 2.24) is 14.5 Å². The maximum Gasteiger partial charge on any atom is 0.114 e. The lowest BCUT2D eigenvalue weighted by atomic mass is 10.1. The standard InChI is InChI=1S/C22H20N4O/c1-3-27-25-16(2)17-9-10-22-21(13-17)24-15-26(22)20-8-4-6-18(12-20)19-7-5-11-23-14-19/h4-15H,3H2,1-2H3/b25-16-. The number of benzene rings is 2.